The molecule has 1 heterocycles. The van der Waals surface area contributed by atoms with Crippen LogP contribution in [0, 0.1) is 10.1 Å². The Morgan fingerprint density at radius 3 is 2.66 bits per heavy atom. The van der Waals surface area contributed by atoms with Gasteiger partial charge in [-0.3, -0.25) is 14.9 Å². The fourth-order valence-electron chi connectivity index (χ4n) is 2.78. The van der Waals surface area contributed by atoms with Gasteiger partial charge in [-0.05, 0) is 43.0 Å². The number of carbonyl (C=O) groups excluding carboxylic acids is 1. The SMILES string of the molecule is CCOCCn1c(=NC(=O)c2ccc(SCC)cc2)sc2ccc([N+](=O)[O-])cc21. The first-order valence-electron chi connectivity index (χ1n) is 9.21. The van der Waals surface area contributed by atoms with Crippen LogP contribution in [0.3, 0.4) is 0 Å². The van der Waals surface area contributed by atoms with Crippen molar-refractivity contribution in [3.05, 3.63) is 62.9 Å². The lowest BCUT2D eigenvalue weighted by Gasteiger charge is -2.05. The number of aromatic nitrogens is 1. The number of hydrogen-bond donors (Lipinski definition) is 0. The molecule has 3 aromatic rings. The first kappa shape index (κ1) is 21.2. The number of ether oxygens (including phenoxy) is 1. The Labute approximate surface area is 176 Å². The van der Waals surface area contributed by atoms with E-state index in [2.05, 4.69) is 11.9 Å². The number of amides is 1. The van der Waals surface area contributed by atoms with E-state index in [-0.39, 0.29) is 11.6 Å². The normalized spacial score (nSPS) is 11.9. The molecule has 0 aliphatic carbocycles. The van der Waals surface area contributed by atoms with Crippen molar-refractivity contribution in [2.45, 2.75) is 25.3 Å². The van der Waals surface area contributed by atoms with Crippen LogP contribution >= 0.6 is 23.1 Å². The Balaban J connectivity index is 2.02. The van der Waals surface area contributed by atoms with E-state index in [0.29, 0.717) is 35.6 Å². The number of thiazole rings is 1. The molecule has 0 aliphatic heterocycles. The van der Waals surface area contributed by atoms with E-state index < -0.39 is 4.92 Å². The molecule has 0 radical (unpaired) electrons. The fourth-order valence-corrected chi connectivity index (χ4v) is 4.48. The summed E-state index contributed by atoms with van der Waals surface area (Å²) in [6, 6.07) is 12.0. The predicted octanol–water partition coefficient (Wildman–Crippen LogP) is 4.50. The maximum Gasteiger partial charge on any atom is 0.279 e. The van der Waals surface area contributed by atoms with Crippen molar-refractivity contribution in [1.82, 2.24) is 4.57 Å². The molecule has 1 aromatic heterocycles. The molecule has 29 heavy (non-hydrogen) atoms. The number of non-ortho nitro benzene ring substituents is 1. The number of nitro groups is 1. The van der Waals surface area contributed by atoms with Gasteiger partial charge in [-0.15, -0.1) is 11.8 Å². The average molecular weight is 432 g/mol. The third-order valence-electron chi connectivity index (χ3n) is 4.15. The zero-order chi connectivity index (χ0) is 20.8. The summed E-state index contributed by atoms with van der Waals surface area (Å²) in [5.41, 5.74) is 1.18. The lowest BCUT2D eigenvalue weighted by Crippen LogP contribution is -2.19. The highest BCUT2D eigenvalue weighted by Crippen LogP contribution is 2.23. The van der Waals surface area contributed by atoms with Gasteiger partial charge in [0.25, 0.3) is 11.6 Å². The topological polar surface area (TPSA) is 86.7 Å². The zero-order valence-corrected chi connectivity index (χ0v) is 17.8. The van der Waals surface area contributed by atoms with Crippen LogP contribution in [-0.4, -0.2) is 34.4 Å². The summed E-state index contributed by atoms with van der Waals surface area (Å²) in [7, 11) is 0. The molecule has 0 atom stereocenters. The third-order valence-corrected chi connectivity index (χ3v) is 6.10. The van der Waals surface area contributed by atoms with Crippen molar-refractivity contribution in [1.29, 1.82) is 0 Å². The maximum atomic E-state index is 12.7. The summed E-state index contributed by atoms with van der Waals surface area (Å²) < 4.78 is 8.07. The molecule has 152 valence electrons. The van der Waals surface area contributed by atoms with Gasteiger partial charge in [-0.2, -0.15) is 4.99 Å². The Hall–Kier alpha value is -2.49. The standard InChI is InChI=1S/C20H21N3O4S2/c1-3-27-12-11-22-17-13-15(23(25)26)7-10-18(17)29-20(22)21-19(24)14-5-8-16(9-6-14)28-4-2/h5-10,13H,3-4,11-12H2,1-2H3. The molecule has 0 saturated carbocycles. The highest BCUT2D eigenvalue weighted by molar-refractivity contribution is 7.99. The molecular weight excluding hydrogens is 410 g/mol. The van der Waals surface area contributed by atoms with Crippen molar-refractivity contribution in [2.75, 3.05) is 19.0 Å². The van der Waals surface area contributed by atoms with Crippen molar-refractivity contribution in [3.8, 4) is 0 Å². The molecule has 1 amide bonds. The van der Waals surface area contributed by atoms with Crippen LogP contribution in [-0.2, 0) is 11.3 Å². The van der Waals surface area contributed by atoms with E-state index in [1.165, 1.54) is 23.5 Å². The summed E-state index contributed by atoms with van der Waals surface area (Å²) in [5.74, 6) is 0.620. The summed E-state index contributed by atoms with van der Waals surface area (Å²) in [5, 5.41) is 11.2. The van der Waals surface area contributed by atoms with Crippen molar-refractivity contribution in [2.24, 2.45) is 4.99 Å². The van der Waals surface area contributed by atoms with Crippen molar-refractivity contribution < 1.29 is 14.5 Å². The maximum absolute atomic E-state index is 12.7. The second-order valence-electron chi connectivity index (χ2n) is 6.02. The van der Waals surface area contributed by atoms with Crippen LogP contribution in [0.4, 0.5) is 5.69 Å². The molecule has 0 spiro atoms. The van der Waals surface area contributed by atoms with Crippen LogP contribution < -0.4 is 4.80 Å². The molecular formula is C20H21N3O4S2. The van der Waals surface area contributed by atoms with Crippen LogP contribution in [0.15, 0.2) is 52.4 Å². The summed E-state index contributed by atoms with van der Waals surface area (Å²) >= 11 is 3.04. The highest BCUT2D eigenvalue weighted by Gasteiger charge is 2.13. The van der Waals surface area contributed by atoms with Crippen molar-refractivity contribution >= 4 is 44.9 Å². The van der Waals surface area contributed by atoms with E-state index >= 15 is 0 Å². The molecule has 3 rings (SSSR count). The largest absolute Gasteiger partial charge is 0.380 e. The van der Waals surface area contributed by atoms with E-state index in [9.17, 15) is 14.9 Å². The number of carbonyl (C=O) groups is 1. The zero-order valence-electron chi connectivity index (χ0n) is 16.2. The third kappa shape index (κ3) is 5.11. The highest BCUT2D eigenvalue weighted by atomic mass is 32.2. The Kier molecular flexibility index (Phi) is 7.18. The molecule has 0 unspecified atom stereocenters. The van der Waals surface area contributed by atoms with E-state index in [1.807, 2.05) is 23.6 Å². The van der Waals surface area contributed by atoms with Crippen LogP contribution in [0.1, 0.15) is 24.2 Å². The van der Waals surface area contributed by atoms with Gasteiger partial charge < -0.3 is 9.30 Å². The summed E-state index contributed by atoms with van der Waals surface area (Å²) in [4.78, 5) is 29.3. The number of thioether (sulfide) groups is 1. The van der Waals surface area contributed by atoms with E-state index in [4.69, 9.17) is 4.74 Å². The monoisotopic (exact) mass is 431 g/mol. The number of hydrogen-bond acceptors (Lipinski definition) is 6. The van der Waals surface area contributed by atoms with Gasteiger partial charge in [-0.1, -0.05) is 18.3 Å². The van der Waals surface area contributed by atoms with Crippen molar-refractivity contribution in [3.63, 3.8) is 0 Å². The molecule has 0 N–H and O–H groups in total. The average Bonchev–Trinajstić information content (AvgIpc) is 3.05. The number of fused-ring (bicyclic) bond motifs is 1. The van der Waals surface area contributed by atoms with Gasteiger partial charge in [0.2, 0.25) is 0 Å². The van der Waals surface area contributed by atoms with Gasteiger partial charge in [0.15, 0.2) is 4.80 Å². The first-order chi connectivity index (χ1) is 14.0. The minimum atomic E-state index is -0.429. The number of benzene rings is 2. The molecule has 9 heteroatoms. The quantitative estimate of drug-likeness (QED) is 0.227. The van der Waals surface area contributed by atoms with Gasteiger partial charge in [-0.25, -0.2) is 0 Å². The number of nitro benzene ring substituents is 1. The molecule has 0 bridgehead atoms. The van der Waals surface area contributed by atoms with Gasteiger partial charge in [0.1, 0.15) is 0 Å². The second-order valence-corrected chi connectivity index (χ2v) is 8.36. The molecule has 7 nitrogen and oxygen atoms in total. The van der Waals surface area contributed by atoms with Gasteiger partial charge in [0.05, 0.1) is 21.7 Å². The minimum Gasteiger partial charge on any atom is -0.380 e. The lowest BCUT2D eigenvalue weighted by atomic mass is 10.2. The lowest BCUT2D eigenvalue weighted by molar-refractivity contribution is -0.384. The van der Waals surface area contributed by atoms with Gasteiger partial charge in [0, 0.05) is 35.7 Å². The van der Waals surface area contributed by atoms with E-state index in [1.54, 1.807) is 30.0 Å². The molecule has 2 aromatic carbocycles. The minimum absolute atomic E-state index is 0.00218. The van der Waals surface area contributed by atoms with Crippen LogP contribution in [0.5, 0.6) is 0 Å². The Morgan fingerprint density at radius 2 is 2.00 bits per heavy atom. The second kappa shape index (κ2) is 9.82. The number of nitrogens with zero attached hydrogens (tertiary/aromatic N) is 3. The summed E-state index contributed by atoms with van der Waals surface area (Å²) in [6.07, 6.45) is 0. The predicted molar refractivity (Wildman–Crippen MR) is 116 cm³/mol. The molecule has 0 aliphatic rings. The molecule has 0 saturated heterocycles. The smallest absolute Gasteiger partial charge is 0.279 e. The van der Waals surface area contributed by atoms with Gasteiger partial charge >= 0.3 is 0 Å². The van der Waals surface area contributed by atoms with E-state index in [0.717, 1.165) is 15.3 Å². The Morgan fingerprint density at radius 1 is 1.24 bits per heavy atom. The first-order valence-corrected chi connectivity index (χ1v) is 11.0. The molecule has 0 fully saturated rings. The number of rotatable bonds is 8. The fraction of sp³-hybridized carbons (Fsp3) is 0.300. The van der Waals surface area contributed by atoms with Crippen LogP contribution in [0.25, 0.3) is 10.2 Å². The summed E-state index contributed by atoms with van der Waals surface area (Å²) in [6.45, 7) is 5.42. The Bertz CT molecular complexity index is 1090. The van der Waals surface area contributed by atoms with Crippen LogP contribution in [0.2, 0.25) is 0 Å².